The molecule has 0 spiro atoms. The lowest BCUT2D eigenvalue weighted by Gasteiger charge is -2.50. The van der Waals surface area contributed by atoms with Crippen molar-refractivity contribution in [3.8, 4) is 0 Å². The van der Waals surface area contributed by atoms with Gasteiger partial charge in [-0.1, -0.05) is 0 Å². The van der Waals surface area contributed by atoms with Crippen LogP contribution in [0.25, 0.3) is 0 Å². The molecule has 0 aromatic heterocycles. The Kier molecular flexibility index (Phi) is 9.56. The fourth-order valence-electron chi connectivity index (χ4n) is 3.51. The van der Waals surface area contributed by atoms with E-state index in [1.54, 1.807) is 0 Å². The van der Waals surface area contributed by atoms with Gasteiger partial charge in [-0.15, -0.1) is 0 Å². The number of alkyl halides is 13. The molecular weight excluding hydrogens is 555 g/mol. The second kappa shape index (κ2) is 10.4. The van der Waals surface area contributed by atoms with Crippen molar-refractivity contribution in [2.24, 2.45) is 0 Å². The monoisotopic (exact) mass is 580 g/mol. The fourth-order valence-corrected chi connectivity index (χ4v) is 6.91. The highest BCUT2D eigenvalue weighted by Gasteiger charge is 2.94. The third-order valence-corrected chi connectivity index (χ3v) is 9.07. The van der Waals surface area contributed by atoms with Gasteiger partial charge >= 0.3 is 43.7 Å². The van der Waals surface area contributed by atoms with E-state index in [0.717, 1.165) is 6.92 Å². The van der Waals surface area contributed by atoms with E-state index in [1.165, 1.54) is 13.8 Å². The summed E-state index contributed by atoms with van der Waals surface area (Å²) in [6, 6.07) is -1.25. The van der Waals surface area contributed by atoms with Crippen LogP contribution in [0.4, 0.5) is 57.1 Å². The molecule has 0 aromatic carbocycles. The van der Waals surface area contributed by atoms with E-state index in [2.05, 4.69) is 4.43 Å². The molecule has 0 amide bonds. The van der Waals surface area contributed by atoms with Gasteiger partial charge in [-0.3, -0.25) is 0 Å². The molecule has 0 aliphatic carbocycles. The Labute approximate surface area is 198 Å². The molecule has 36 heavy (non-hydrogen) atoms. The van der Waals surface area contributed by atoms with E-state index >= 15 is 8.78 Å². The van der Waals surface area contributed by atoms with Gasteiger partial charge in [-0.05, 0) is 40.2 Å². The van der Waals surface area contributed by atoms with Gasteiger partial charge in [0.05, 0.1) is 0 Å². The Balaban J connectivity index is 3.74. The van der Waals surface area contributed by atoms with Crippen LogP contribution in [0.5, 0.6) is 0 Å². The van der Waals surface area contributed by atoms with E-state index in [-0.39, 0.29) is 13.2 Å². The predicted octanol–water partition coefficient (Wildman–Crippen LogP) is 6.71. The van der Waals surface area contributed by atoms with Gasteiger partial charge in [0.2, 0.25) is 0 Å². The topological polar surface area (TPSA) is 36.9 Å². The zero-order valence-electron chi connectivity index (χ0n) is 19.4. The maximum atomic E-state index is 15.3. The lowest BCUT2D eigenvalue weighted by Crippen LogP contribution is -2.78. The molecule has 0 N–H and O–H groups in total. The second-order valence-corrected chi connectivity index (χ2v) is 10.9. The van der Waals surface area contributed by atoms with Crippen LogP contribution in [-0.4, -0.2) is 75.7 Å². The molecule has 4 nitrogen and oxygen atoms in total. The smallest absolute Gasteiger partial charge is 0.391 e. The number of rotatable bonds is 13. The van der Waals surface area contributed by atoms with Gasteiger partial charge in [0, 0.05) is 26.2 Å². The van der Waals surface area contributed by atoms with Gasteiger partial charge in [-0.25, -0.2) is 4.39 Å². The van der Waals surface area contributed by atoms with Gasteiger partial charge in [-0.2, -0.15) is 52.7 Å². The Morgan fingerprint density at radius 3 is 1.58 bits per heavy atom. The summed E-state index contributed by atoms with van der Waals surface area (Å²) in [5, 5.41) is 0. The van der Waals surface area contributed by atoms with Crippen molar-refractivity contribution in [1.29, 1.82) is 0 Å². The molecule has 1 heterocycles. The molecule has 0 aromatic rings. The summed E-state index contributed by atoms with van der Waals surface area (Å²) < 4.78 is 204. The lowest BCUT2D eigenvalue weighted by atomic mass is 9.92. The number of ether oxygens (including phenoxy) is 2. The molecule has 0 radical (unpaired) electrons. The highest BCUT2D eigenvalue weighted by molar-refractivity contribution is 6.70. The Morgan fingerprint density at radius 1 is 0.750 bits per heavy atom. The number of hydrogen-bond donors (Lipinski definition) is 0. The standard InChI is InChI=1S/C18H25F13O4Si/c1-5-32-12(33-6-2)9-8-10-36(35-12,34-7-3)18(30,31)17(28,29)16(26,27)15(24,25)14(22,23)13(20,21)11(4)19/h11H,5-10H2,1-4H3. The summed E-state index contributed by atoms with van der Waals surface area (Å²) in [6.07, 6.45) is -5.26. The first-order chi connectivity index (χ1) is 16.0. The number of halogens is 13. The molecule has 18 heteroatoms. The molecule has 1 aliphatic heterocycles. The maximum Gasteiger partial charge on any atom is 0.426 e. The van der Waals surface area contributed by atoms with Crippen molar-refractivity contribution in [3.05, 3.63) is 0 Å². The predicted molar refractivity (Wildman–Crippen MR) is 98.7 cm³/mol. The van der Waals surface area contributed by atoms with Crippen molar-refractivity contribution < 1.29 is 75.4 Å². The molecule has 2 atom stereocenters. The molecule has 1 fully saturated rings. The minimum absolute atomic E-state index is 0.366. The quantitative estimate of drug-likeness (QED) is 0.138. The highest BCUT2D eigenvalue weighted by atomic mass is 28.4. The first-order valence-electron chi connectivity index (χ1n) is 10.6. The number of hydrogen-bond acceptors (Lipinski definition) is 4. The first-order valence-corrected chi connectivity index (χ1v) is 12.6. The summed E-state index contributed by atoms with van der Waals surface area (Å²) in [4.78, 5) is 0. The van der Waals surface area contributed by atoms with E-state index in [0.29, 0.717) is 0 Å². The Hall–Kier alpha value is -0.853. The molecule has 2 unspecified atom stereocenters. The normalized spacial score (nSPS) is 23.6. The van der Waals surface area contributed by atoms with Crippen molar-refractivity contribution >= 4 is 8.56 Å². The molecule has 1 saturated heterocycles. The molecular formula is C18H25F13O4Si. The second-order valence-electron chi connectivity index (χ2n) is 7.80. The Bertz CT molecular complexity index is 735. The fraction of sp³-hybridized carbons (Fsp3) is 1.00. The molecule has 216 valence electrons. The van der Waals surface area contributed by atoms with Crippen LogP contribution < -0.4 is 0 Å². The SMILES string of the molecule is CCOC1(OCC)CCC[Si](OCC)(C(F)(F)C(F)(F)C(F)(F)C(F)(F)C(F)(F)C(F)(F)C(C)F)O1. The zero-order chi connectivity index (χ0) is 28.6. The van der Waals surface area contributed by atoms with Gasteiger partial charge in [0.1, 0.15) is 0 Å². The van der Waals surface area contributed by atoms with Gasteiger partial charge in [0.25, 0.3) is 5.97 Å². The van der Waals surface area contributed by atoms with Crippen molar-refractivity contribution in [2.45, 2.75) is 93.9 Å². The third-order valence-electron chi connectivity index (χ3n) is 5.39. The summed E-state index contributed by atoms with van der Waals surface area (Å²) in [6.45, 7) is 1.38. The minimum Gasteiger partial charge on any atom is -0.391 e. The molecule has 1 rings (SSSR count). The summed E-state index contributed by atoms with van der Waals surface area (Å²) >= 11 is 0. The maximum absolute atomic E-state index is 15.3. The van der Waals surface area contributed by atoms with Gasteiger partial charge < -0.3 is 18.3 Å². The average Bonchev–Trinajstić information content (AvgIpc) is 2.73. The summed E-state index contributed by atoms with van der Waals surface area (Å²) in [7, 11) is -6.22. The molecule has 1 aliphatic rings. The third kappa shape index (κ3) is 4.72. The van der Waals surface area contributed by atoms with Crippen molar-refractivity contribution in [1.82, 2.24) is 0 Å². The average molecular weight is 580 g/mol. The van der Waals surface area contributed by atoms with E-state index in [9.17, 15) is 48.3 Å². The zero-order valence-corrected chi connectivity index (χ0v) is 20.4. The minimum atomic E-state index is -7.88. The van der Waals surface area contributed by atoms with Crippen LogP contribution >= 0.6 is 0 Å². The van der Waals surface area contributed by atoms with Crippen molar-refractivity contribution in [2.75, 3.05) is 19.8 Å². The van der Waals surface area contributed by atoms with E-state index < -0.39 is 88.3 Å². The van der Waals surface area contributed by atoms with Crippen molar-refractivity contribution in [3.63, 3.8) is 0 Å². The summed E-state index contributed by atoms with van der Waals surface area (Å²) in [5.74, 6) is -40.0. The van der Waals surface area contributed by atoms with Crippen LogP contribution in [0.15, 0.2) is 0 Å². The van der Waals surface area contributed by atoms with Crippen LogP contribution in [0, 0.1) is 0 Å². The van der Waals surface area contributed by atoms with E-state index in [1.807, 2.05) is 0 Å². The Morgan fingerprint density at radius 2 is 1.19 bits per heavy atom. The summed E-state index contributed by atoms with van der Waals surface area (Å²) in [5.41, 5.74) is -6.46. The first kappa shape index (κ1) is 33.2. The van der Waals surface area contributed by atoms with Gasteiger partial charge in [0.15, 0.2) is 6.17 Å². The van der Waals surface area contributed by atoms with Crippen LogP contribution in [0.2, 0.25) is 6.04 Å². The lowest BCUT2D eigenvalue weighted by molar-refractivity contribution is -0.426. The van der Waals surface area contributed by atoms with E-state index in [4.69, 9.17) is 13.9 Å². The van der Waals surface area contributed by atoms with Crippen LogP contribution in [0.1, 0.15) is 40.5 Å². The van der Waals surface area contributed by atoms with Crippen LogP contribution in [-0.2, 0) is 18.3 Å². The highest BCUT2D eigenvalue weighted by Crippen LogP contribution is 2.63. The largest absolute Gasteiger partial charge is 0.426 e. The molecule has 0 bridgehead atoms. The van der Waals surface area contributed by atoms with Crippen LogP contribution in [0.3, 0.4) is 0 Å². The molecule has 0 saturated carbocycles.